The van der Waals surface area contributed by atoms with Crippen molar-refractivity contribution in [1.82, 2.24) is 10.4 Å². The number of nitro groups is 1. The molecule has 0 saturated carbocycles. The van der Waals surface area contributed by atoms with E-state index in [4.69, 9.17) is 25.7 Å². The Balaban J connectivity index is 1.27. The van der Waals surface area contributed by atoms with Gasteiger partial charge in [0.15, 0.2) is 12.4 Å². The molecule has 0 saturated heterocycles. The highest BCUT2D eigenvalue weighted by molar-refractivity contribution is 6.31. The van der Waals surface area contributed by atoms with Crippen LogP contribution in [0.4, 0.5) is 5.88 Å². The van der Waals surface area contributed by atoms with Crippen molar-refractivity contribution in [2.45, 2.75) is 0 Å². The number of rotatable bonds is 8. The lowest BCUT2D eigenvalue weighted by Gasteiger charge is -2.11. The average Bonchev–Trinajstić information content (AvgIpc) is 3.41. The van der Waals surface area contributed by atoms with Crippen LogP contribution in [-0.4, -0.2) is 28.6 Å². The molecule has 0 aliphatic rings. The molecule has 9 nitrogen and oxygen atoms in total. The summed E-state index contributed by atoms with van der Waals surface area (Å²) in [6, 6.07) is 27.5. The van der Waals surface area contributed by atoms with Gasteiger partial charge in [0.1, 0.15) is 10.7 Å². The number of halogens is 1. The fraction of sp³-hybridized carbons (Fsp3) is 0.0357. The molecule has 0 aliphatic carbocycles. The van der Waals surface area contributed by atoms with Crippen molar-refractivity contribution in [1.29, 1.82) is 0 Å². The quantitative estimate of drug-likeness (QED) is 0.145. The van der Waals surface area contributed by atoms with Crippen molar-refractivity contribution in [3.63, 3.8) is 0 Å². The van der Waals surface area contributed by atoms with Crippen molar-refractivity contribution in [2.24, 2.45) is 5.10 Å². The molecular formula is C28H19ClN4O5. The number of fused-ring (bicyclic) bond motifs is 1. The summed E-state index contributed by atoms with van der Waals surface area (Å²) in [5, 5.41) is 15.9. The molecule has 0 fully saturated rings. The Bertz CT molecular complexity index is 1650. The van der Waals surface area contributed by atoms with Gasteiger partial charge in [-0.25, -0.2) is 10.4 Å². The molecular weight excluding hydrogens is 508 g/mol. The summed E-state index contributed by atoms with van der Waals surface area (Å²) in [6.45, 7) is -0.276. The first kappa shape index (κ1) is 24.7. The maximum absolute atomic E-state index is 12.0. The van der Waals surface area contributed by atoms with Crippen molar-refractivity contribution in [2.75, 3.05) is 6.61 Å². The first-order chi connectivity index (χ1) is 18.5. The standard InChI is InChI=1S/C28H19ClN4O5/c29-20-8-12-25-24(14-20)23(18-4-2-1-3-5-18)15-26(31-25)19-6-9-21(10-7-19)37-17-27(34)32-30-16-22-11-13-28(38-22)33(35)36/h1-16H,17H2,(H,32,34)/b30-16-. The zero-order valence-electron chi connectivity index (χ0n) is 19.7. The SMILES string of the molecule is O=C(COc1ccc(-c2cc(-c3ccccc3)c3cc(Cl)ccc3n2)cc1)N/N=C\c1ccc([N+](=O)[O-])o1. The van der Waals surface area contributed by atoms with Gasteiger partial charge >= 0.3 is 5.88 Å². The Morgan fingerprint density at radius 1 is 1.03 bits per heavy atom. The number of ether oxygens (including phenoxy) is 1. The maximum atomic E-state index is 12.0. The predicted molar refractivity (Wildman–Crippen MR) is 144 cm³/mol. The number of hydrogen-bond acceptors (Lipinski definition) is 7. The van der Waals surface area contributed by atoms with Gasteiger partial charge in [-0.1, -0.05) is 41.9 Å². The Morgan fingerprint density at radius 2 is 1.82 bits per heavy atom. The third kappa shape index (κ3) is 5.69. The predicted octanol–water partition coefficient (Wildman–Crippen LogP) is 6.25. The molecule has 38 heavy (non-hydrogen) atoms. The number of aromatic nitrogens is 1. The van der Waals surface area contributed by atoms with Crippen LogP contribution in [0.25, 0.3) is 33.3 Å². The largest absolute Gasteiger partial charge is 0.484 e. The molecule has 0 spiro atoms. The first-order valence-corrected chi connectivity index (χ1v) is 11.8. The lowest BCUT2D eigenvalue weighted by Crippen LogP contribution is -2.24. The van der Waals surface area contributed by atoms with Crippen LogP contribution in [0.1, 0.15) is 5.76 Å². The Morgan fingerprint density at radius 3 is 2.55 bits per heavy atom. The van der Waals surface area contributed by atoms with Crippen molar-refractivity contribution >= 4 is 40.5 Å². The van der Waals surface area contributed by atoms with E-state index in [0.29, 0.717) is 10.8 Å². The molecule has 1 N–H and O–H groups in total. The van der Waals surface area contributed by atoms with Crippen molar-refractivity contribution in [3.05, 3.63) is 112 Å². The highest BCUT2D eigenvalue weighted by Crippen LogP contribution is 2.33. The average molecular weight is 527 g/mol. The van der Waals surface area contributed by atoms with Crippen LogP contribution >= 0.6 is 11.6 Å². The van der Waals surface area contributed by atoms with Crippen molar-refractivity contribution in [3.8, 4) is 28.1 Å². The van der Waals surface area contributed by atoms with Gasteiger partial charge in [-0.15, -0.1) is 0 Å². The second-order valence-electron chi connectivity index (χ2n) is 8.12. The number of hydrogen-bond donors (Lipinski definition) is 1. The number of benzene rings is 3. The van der Waals surface area contributed by atoms with E-state index in [9.17, 15) is 14.9 Å². The van der Waals surface area contributed by atoms with Crippen LogP contribution in [-0.2, 0) is 4.79 Å². The van der Waals surface area contributed by atoms with Gasteiger partial charge in [0.2, 0.25) is 0 Å². The lowest BCUT2D eigenvalue weighted by atomic mass is 9.98. The van der Waals surface area contributed by atoms with Gasteiger partial charge in [-0.2, -0.15) is 5.10 Å². The Hall–Kier alpha value is -5.02. The molecule has 0 aliphatic heterocycles. The van der Waals surface area contributed by atoms with Gasteiger partial charge in [-0.05, 0) is 65.7 Å². The van der Waals surface area contributed by atoms with E-state index in [1.165, 1.54) is 12.1 Å². The van der Waals surface area contributed by atoms with Crippen molar-refractivity contribution < 1.29 is 18.9 Å². The molecule has 3 aromatic carbocycles. The minimum Gasteiger partial charge on any atom is -0.484 e. The number of furan rings is 1. The zero-order chi connectivity index (χ0) is 26.5. The summed E-state index contributed by atoms with van der Waals surface area (Å²) < 4.78 is 10.5. The molecule has 5 rings (SSSR count). The molecule has 1 amide bonds. The number of pyridine rings is 1. The topological polar surface area (TPSA) is 120 Å². The van der Waals surface area contributed by atoms with Crippen LogP contribution in [0.5, 0.6) is 5.75 Å². The summed E-state index contributed by atoms with van der Waals surface area (Å²) in [6.07, 6.45) is 1.16. The molecule has 0 atom stereocenters. The van der Waals surface area contributed by atoms with E-state index in [1.54, 1.807) is 12.1 Å². The summed E-state index contributed by atoms with van der Waals surface area (Å²) in [4.78, 5) is 26.8. The van der Waals surface area contributed by atoms with E-state index in [0.717, 1.165) is 39.5 Å². The second-order valence-corrected chi connectivity index (χ2v) is 8.56. The first-order valence-electron chi connectivity index (χ1n) is 11.4. The van der Waals surface area contributed by atoms with Crippen LogP contribution in [0.2, 0.25) is 5.02 Å². The van der Waals surface area contributed by atoms with Gasteiger partial charge in [0.25, 0.3) is 5.91 Å². The number of carbonyl (C=O) groups is 1. The third-order valence-electron chi connectivity index (χ3n) is 5.55. The fourth-order valence-corrected chi connectivity index (χ4v) is 3.96. The van der Waals surface area contributed by atoms with E-state index in [-0.39, 0.29) is 12.4 Å². The third-order valence-corrected chi connectivity index (χ3v) is 5.78. The molecule has 0 bridgehead atoms. The molecule has 188 valence electrons. The number of nitrogens with zero attached hydrogens (tertiary/aromatic N) is 3. The van der Waals surface area contributed by atoms with Gasteiger partial charge in [0, 0.05) is 16.0 Å². The second kappa shape index (κ2) is 10.9. The molecule has 2 aromatic heterocycles. The van der Waals surface area contributed by atoms with Crippen LogP contribution in [0.15, 0.2) is 101 Å². The molecule has 0 radical (unpaired) electrons. The normalized spacial score (nSPS) is 11.1. The van der Waals surface area contributed by atoms with Crippen LogP contribution < -0.4 is 10.2 Å². The van der Waals surface area contributed by atoms with E-state index in [1.807, 2.05) is 66.7 Å². The monoisotopic (exact) mass is 526 g/mol. The number of hydrazone groups is 1. The lowest BCUT2D eigenvalue weighted by molar-refractivity contribution is -0.402. The molecule has 2 heterocycles. The van der Waals surface area contributed by atoms with Gasteiger partial charge < -0.3 is 9.15 Å². The highest BCUT2D eigenvalue weighted by Gasteiger charge is 2.12. The Labute approximate surface area is 221 Å². The fourth-order valence-electron chi connectivity index (χ4n) is 3.78. The van der Waals surface area contributed by atoms with E-state index < -0.39 is 16.7 Å². The van der Waals surface area contributed by atoms with E-state index in [2.05, 4.69) is 10.5 Å². The summed E-state index contributed by atoms with van der Waals surface area (Å²) >= 11 is 6.27. The summed E-state index contributed by atoms with van der Waals surface area (Å²) in [5.74, 6) is -0.294. The molecule has 10 heteroatoms. The van der Waals surface area contributed by atoms with Crippen LogP contribution in [0.3, 0.4) is 0 Å². The minimum atomic E-state index is -0.663. The van der Waals surface area contributed by atoms with E-state index >= 15 is 0 Å². The minimum absolute atomic E-state index is 0.134. The molecule has 0 unspecified atom stereocenters. The summed E-state index contributed by atoms with van der Waals surface area (Å²) in [7, 11) is 0. The maximum Gasteiger partial charge on any atom is 0.433 e. The highest BCUT2D eigenvalue weighted by atomic mass is 35.5. The van der Waals surface area contributed by atoms with Gasteiger partial charge in [0.05, 0.1) is 23.5 Å². The number of nitrogens with one attached hydrogen (secondary N) is 1. The Kier molecular flexibility index (Phi) is 7.10. The number of amides is 1. The summed E-state index contributed by atoms with van der Waals surface area (Å²) in [5.41, 5.74) is 6.85. The van der Waals surface area contributed by atoms with Crippen LogP contribution in [0, 0.1) is 10.1 Å². The smallest absolute Gasteiger partial charge is 0.433 e. The number of carbonyl (C=O) groups excluding carboxylic acids is 1. The molecule has 5 aromatic rings. The van der Waals surface area contributed by atoms with Gasteiger partial charge in [-0.3, -0.25) is 14.9 Å². The zero-order valence-corrected chi connectivity index (χ0v) is 20.5.